The Kier molecular flexibility index (Phi) is 4.42. The molecule has 1 aromatic carbocycles. The molecule has 0 aliphatic carbocycles. The van der Waals surface area contributed by atoms with Crippen LogP contribution in [0.5, 0.6) is 5.75 Å². The lowest BCUT2D eigenvalue weighted by molar-refractivity contribution is -0.194. The second-order valence-electron chi connectivity index (χ2n) is 7.05. The van der Waals surface area contributed by atoms with Crippen LogP contribution in [0.1, 0.15) is 20.3 Å². The van der Waals surface area contributed by atoms with Gasteiger partial charge in [-0.25, -0.2) is 9.97 Å². The van der Waals surface area contributed by atoms with Crippen LogP contribution in [0.4, 0.5) is 11.5 Å². The number of hydrogen-bond donors (Lipinski definition) is 1. The third-order valence-electron chi connectivity index (χ3n) is 4.37. The zero-order valence-electron chi connectivity index (χ0n) is 14.7. The Morgan fingerprint density at radius 1 is 1.23 bits per heavy atom. The molecule has 1 aliphatic rings. The number of benzene rings is 1. The van der Waals surface area contributed by atoms with Gasteiger partial charge >= 0.3 is 0 Å². The van der Waals surface area contributed by atoms with E-state index in [4.69, 9.17) is 21.1 Å². The highest BCUT2D eigenvalue weighted by molar-refractivity contribution is 6.29. The number of ether oxygens (including phenoxy) is 2. The van der Waals surface area contributed by atoms with Crippen molar-refractivity contribution in [1.29, 1.82) is 0 Å². The van der Waals surface area contributed by atoms with Crippen molar-refractivity contribution in [2.75, 3.05) is 11.9 Å². The van der Waals surface area contributed by atoms with Crippen molar-refractivity contribution in [3.05, 3.63) is 53.9 Å². The number of fused-ring (bicyclic) bond motifs is 1. The Morgan fingerprint density at radius 2 is 2.08 bits per heavy atom. The molecule has 1 unspecified atom stereocenters. The van der Waals surface area contributed by atoms with Crippen LogP contribution in [0.3, 0.4) is 0 Å². The molecule has 0 saturated carbocycles. The van der Waals surface area contributed by atoms with Crippen molar-refractivity contribution < 1.29 is 9.47 Å². The molecule has 0 amide bonds. The second kappa shape index (κ2) is 6.74. The van der Waals surface area contributed by atoms with E-state index in [-0.39, 0.29) is 11.7 Å². The number of anilines is 2. The van der Waals surface area contributed by atoms with Gasteiger partial charge in [-0.2, -0.15) is 0 Å². The number of hydrogen-bond acceptors (Lipinski definition) is 5. The number of rotatable bonds is 5. The fraction of sp³-hybridized carbons (Fsp3) is 0.300. The highest BCUT2D eigenvalue weighted by Crippen LogP contribution is 2.32. The lowest BCUT2D eigenvalue weighted by atomic mass is 9.94. The molecule has 0 radical (unpaired) electrons. The Hall–Kier alpha value is -2.37. The number of nitrogens with one attached hydrogen (secondary N) is 1. The van der Waals surface area contributed by atoms with Crippen LogP contribution in [0.2, 0.25) is 5.15 Å². The van der Waals surface area contributed by atoms with Crippen molar-refractivity contribution >= 4 is 33.9 Å². The summed E-state index contributed by atoms with van der Waals surface area (Å²) < 4.78 is 11.7. The Morgan fingerprint density at radius 3 is 2.81 bits per heavy atom. The molecule has 1 saturated heterocycles. The van der Waals surface area contributed by atoms with Gasteiger partial charge in [0.25, 0.3) is 0 Å². The second-order valence-corrected chi connectivity index (χ2v) is 7.44. The predicted octanol–water partition coefficient (Wildman–Crippen LogP) is 4.97. The zero-order chi connectivity index (χ0) is 18.1. The van der Waals surface area contributed by atoms with Gasteiger partial charge in [0.2, 0.25) is 0 Å². The predicted molar refractivity (Wildman–Crippen MR) is 103 cm³/mol. The average molecular weight is 370 g/mol. The Bertz CT molecular complexity index is 920. The standard InChI is InChI=1S/C20H20ClN3O2/c1-20(2)10-16(26-20)12-25-15-4-5-17-13(9-15)7-8-22-19(17)24-14-3-6-18(21)23-11-14/h3-9,11,16H,10,12H2,1-2H3,(H,22,24). The van der Waals surface area contributed by atoms with Crippen molar-refractivity contribution in [2.45, 2.75) is 32.0 Å². The molecule has 26 heavy (non-hydrogen) atoms. The molecule has 4 rings (SSSR count). The molecule has 134 valence electrons. The van der Waals surface area contributed by atoms with E-state index in [2.05, 4.69) is 29.1 Å². The number of pyridine rings is 2. The molecular weight excluding hydrogens is 350 g/mol. The van der Waals surface area contributed by atoms with Crippen LogP contribution in [0.15, 0.2) is 48.8 Å². The minimum atomic E-state index is -0.0137. The maximum atomic E-state index is 5.89. The summed E-state index contributed by atoms with van der Waals surface area (Å²) in [5, 5.41) is 5.80. The highest BCUT2D eigenvalue weighted by atomic mass is 35.5. The van der Waals surface area contributed by atoms with Crippen LogP contribution >= 0.6 is 11.6 Å². The van der Waals surface area contributed by atoms with Crippen LogP contribution < -0.4 is 10.1 Å². The molecular formula is C20H20ClN3O2. The Balaban J connectivity index is 1.49. The SMILES string of the molecule is CC1(C)CC(COc2ccc3c(Nc4ccc(Cl)nc4)nccc3c2)O1. The van der Waals surface area contributed by atoms with E-state index >= 15 is 0 Å². The minimum absolute atomic E-state index is 0.0137. The monoisotopic (exact) mass is 369 g/mol. The first-order valence-corrected chi connectivity index (χ1v) is 8.94. The molecule has 5 nitrogen and oxygen atoms in total. The largest absolute Gasteiger partial charge is 0.491 e. The quantitative estimate of drug-likeness (QED) is 0.643. The summed E-state index contributed by atoms with van der Waals surface area (Å²) in [6, 6.07) is 11.6. The zero-order valence-corrected chi connectivity index (χ0v) is 15.5. The van der Waals surface area contributed by atoms with Gasteiger partial charge in [-0.15, -0.1) is 0 Å². The fourth-order valence-corrected chi connectivity index (χ4v) is 3.32. The third-order valence-corrected chi connectivity index (χ3v) is 4.59. The Labute approximate surface area is 157 Å². The number of nitrogens with zero attached hydrogens (tertiary/aromatic N) is 2. The normalized spacial score (nSPS) is 18.3. The molecule has 6 heteroatoms. The molecule has 1 fully saturated rings. The molecule has 3 heterocycles. The van der Waals surface area contributed by atoms with Gasteiger partial charge < -0.3 is 14.8 Å². The summed E-state index contributed by atoms with van der Waals surface area (Å²) in [4.78, 5) is 8.51. The summed E-state index contributed by atoms with van der Waals surface area (Å²) in [5.74, 6) is 1.60. The van der Waals surface area contributed by atoms with Gasteiger partial charge in [-0.3, -0.25) is 0 Å². The number of halogens is 1. The summed E-state index contributed by atoms with van der Waals surface area (Å²) in [7, 11) is 0. The van der Waals surface area contributed by atoms with E-state index in [1.165, 1.54) is 0 Å². The molecule has 2 aromatic heterocycles. The van der Waals surface area contributed by atoms with Gasteiger partial charge in [0.05, 0.1) is 23.6 Å². The van der Waals surface area contributed by atoms with Crippen molar-refractivity contribution in [3.8, 4) is 5.75 Å². The molecule has 1 aliphatic heterocycles. The number of aromatic nitrogens is 2. The van der Waals surface area contributed by atoms with Crippen LogP contribution in [0, 0.1) is 0 Å². The summed E-state index contributed by atoms with van der Waals surface area (Å²) in [6.07, 6.45) is 4.65. The summed E-state index contributed by atoms with van der Waals surface area (Å²) in [6.45, 7) is 4.76. The highest BCUT2D eigenvalue weighted by Gasteiger charge is 2.37. The lowest BCUT2D eigenvalue weighted by Crippen LogP contribution is -2.48. The smallest absolute Gasteiger partial charge is 0.138 e. The lowest BCUT2D eigenvalue weighted by Gasteiger charge is -2.42. The average Bonchev–Trinajstić information content (AvgIpc) is 2.60. The van der Waals surface area contributed by atoms with Crippen LogP contribution in [-0.4, -0.2) is 28.3 Å². The maximum absolute atomic E-state index is 5.89. The molecule has 3 aromatic rings. The van der Waals surface area contributed by atoms with Gasteiger partial charge in [0.1, 0.15) is 23.3 Å². The summed E-state index contributed by atoms with van der Waals surface area (Å²) in [5.41, 5.74) is 0.819. The maximum Gasteiger partial charge on any atom is 0.138 e. The van der Waals surface area contributed by atoms with Crippen LogP contribution in [0.25, 0.3) is 10.8 Å². The van der Waals surface area contributed by atoms with E-state index in [1.807, 2.05) is 30.3 Å². The third kappa shape index (κ3) is 3.74. The fourth-order valence-electron chi connectivity index (χ4n) is 3.20. The van der Waals surface area contributed by atoms with E-state index in [0.717, 1.165) is 34.4 Å². The summed E-state index contributed by atoms with van der Waals surface area (Å²) >= 11 is 5.83. The molecule has 1 N–H and O–H groups in total. The van der Waals surface area contributed by atoms with Gasteiger partial charge in [-0.05, 0) is 55.6 Å². The first-order valence-electron chi connectivity index (χ1n) is 8.56. The van der Waals surface area contributed by atoms with Crippen LogP contribution in [-0.2, 0) is 4.74 Å². The minimum Gasteiger partial charge on any atom is -0.491 e. The van der Waals surface area contributed by atoms with E-state index in [1.54, 1.807) is 18.5 Å². The van der Waals surface area contributed by atoms with Gasteiger partial charge in [0.15, 0.2) is 0 Å². The first kappa shape index (κ1) is 17.1. The van der Waals surface area contributed by atoms with E-state index in [9.17, 15) is 0 Å². The molecule has 0 bridgehead atoms. The topological polar surface area (TPSA) is 56.3 Å². The van der Waals surface area contributed by atoms with Crippen molar-refractivity contribution in [1.82, 2.24) is 9.97 Å². The van der Waals surface area contributed by atoms with E-state index in [0.29, 0.717) is 11.8 Å². The van der Waals surface area contributed by atoms with E-state index < -0.39 is 0 Å². The van der Waals surface area contributed by atoms with Crippen molar-refractivity contribution in [3.63, 3.8) is 0 Å². The molecule has 1 atom stereocenters. The van der Waals surface area contributed by atoms with Crippen molar-refractivity contribution in [2.24, 2.45) is 0 Å². The van der Waals surface area contributed by atoms with Gasteiger partial charge in [0, 0.05) is 18.0 Å². The molecule has 0 spiro atoms. The van der Waals surface area contributed by atoms with Gasteiger partial charge in [-0.1, -0.05) is 11.6 Å². The first-order chi connectivity index (χ1) is 12.5.